The topological polar surface area (TPSA) is 78.5 Å². The molecule has 1 heterocycles. The van der Waals surface area contributed by atoms with E-state index in [0.717, 1.165) is 25.7 Å². The van der Waals surface area contributed by atoms with E-state index in [1.54, 1.807) is 0 Å². The Balaban J connectivity index is 1.64. The van der Waals surface area contributed by atoms with E-state index in [1.165, 1.54) is 36.2 Å². The van der Waals surface area contributed by atoms with E-state index < -0.39 is 10.0 Å². The van der Waals surface area contributed by atoms with Gasteiger partial charge in [-0.3, -0.25) is 0 Å². The molecule has 7 heteroatoms. The van der Waals surface area contributed by atoms with Gasteiger partial charge in [-0.25, -0.2) is 17.5 Å². The van der Waals surface area contributed by atoms with Gasteiger partial charge in [0.2, 0.25) is 10.0 Å². The van der Waals surface area contributed by atoms with Crippen molar-refractivity contribution in [1.82, 2.24) is 14.9 Å². The molecule has 6 nitrogen and oxygen atoms in total. The summed E-state index contributed by atoms with van der Waals surface area (Å²) in [5.41, 5.74) is 0. The van der Waals surface area contributed by atoms with Gasteiger partial charge in [0.25, 0.3) is 0 Å². The Labute approximate surface area is 134 Å². The van der Waals surface area contributed by atoms with Crippen LogP contribution >= 0.6 is 0 Å². The quantitative estimate of drug-likeness (QED) is 0.769. The van der Waals surface area contributed by atoms with Gasteiger partial charge in [0.15, 0.2) is 0 Å². The van der Waals surface area contributed by atoms with Gasteiger partial charge in [0, 0.05) is 25.7 Å². The number of rotatable bonds is 4. The Kier molecular flexibility index (Phi) is 6.50. The Morgan fingerprint density at radius 3 is 2.18 bits per heavy atom. The lowest BCUT2D eigenvalue weighted by molar-refractivity contribution is 0.226. The molecule has 1 saturated carbocycles. The number of hydrogen-bond donors (Lipinski definition) is 2. The standard InChI is InChI=1S/C15H29N3O3S/c1-22(20,21)18-10-8-13(9-11-18)12-16-15(19)17-14-6-4-2-3-5-7-14/h13-14H,2-12H2,1H3,(H2,16,17,19). The molecule has 0 spiro atoms. The molecule has 1 saturated heterocycles. The van der Waals surface area contributed by atoms with Gasteiger partial charge in [0.05, 0.1) is 6.26 Å². The zero-order valence-electron chi connectivity index (χ0n) is 13.5. The van der Waals surface area contributed by atoms with Crippen LogP contribution in [0.15, 0.2) is 0 Å². The molecule has 1 aliphatic heterocycles. The van der Waals surface area contributed by atoms with E-state index in [0.29, 0.717) is 31.6 Å². The molecule has 128 valence electrons. The number of carbonyl (C=O) groups is 1. The zero-order valence-corrected chi connectivity index (χ0v) is 14.3. The van der Waals surface area contributed by atoms with Crippen molar-refractivity contribution >= 4 is 16.1 Å². The first-order valence-electron chi connectivity index (χ1n) is 8.44. The number of piperidine rings is 1. The van der Waals surface area contributed by atoms with Crippen LogP contribution in [0.5, 0.6) is 0 Å². The highest BCUT2D eigenvalue weighted by Crippen LogP contribution is 2.19. The first-order chi connectivity index (χ1) is 10.4. The molecule has 2 N–H and O–H groups in total. The summed E-state index contributed by atoms with van der Waals surface area (Å²) in [4.78, 5) is 12.0. The number of carbonyl (C=O) groups excluding carboxylic acids is 1. The van der Waals surface area contributed by atoms with E-state index >= 15 is 0 Å². The average molecular weight is 331 g/mol. The molecule has 2 rings (SSSR count). The van der Waals surface area contributed by atoms with Gasteiger partial charge < -0.3 is 10.6 Å². The van der Waals surface area contributed by atoms with Crippen LogP contribution in [0.4, 0.5) is 4.79 Å². The lowest BCUT2D eigenvalue weighted by Gasteiger charge is -2.30. The highest BCUT2D eigenvalue weighted by Gasteiger charge is 2.25. The Bertz CT molecular complexity index is 451. The second-order valence-corrected chi connectivity index (χ2v) is 8.63. The van der Waals surface area contributed by atoms with Crippen molar-refractivity contribution in [3.05, 3.63) is 0 Å². The SMILES string of the molecule is CS(=O)(=O)N1CCC(CNC(=O)NC2CCCCCC2)CC1. The third-order valence-electron chi connectivity index (χ3n) is 4.78. The third kappa shape index (κ3) is 5.76. The molecule has 2 fully saturated rings. The summed E-state index contributed by atoms with van der Waals surface area (Å²) in [6.45, 7) is 1.76. The predicted molar refractivity (Wildman–Crippen MR) is 87.2 cm³/mol. The molecule has 2 aliphatic rings. The lowest BCUT2D eigenvalue weighted by Crippen LogP contribution is -2.45. The second-order valence-electron chi connectivity index (χ2n) is 6.65. The molecule has 0 unspecified atom stereocenters. The van der Waals surface area contributed by atoms with Crippen LogP contribution in [0.1, 0.15) is 51.4 Å². The molecule has 22 heavy (non-hydrogen) atoms. The number of sulfonamides is 1. The lowest BCUT2D eigenvalue weighted by atomic mass is 9.98. The third-order valence-corrected chi connectivity index (χ3v) is 6.09. The maximum absolute atomic E-state index is 12.0. The predicted octanol–water partition coefficient (Wildman–Crippen LogP) is 1.68. The van der Waals surface area contributed by atoms with Crippen molar-refractivity contribution in [2.45, 2.75) is 57.4 Å². The van der Waals surface area contributed by atoms with Crippen molar-refractivity contribution in [2.75, 3.05) is 25.9 Å². The number of urea groups is 1. The number of nitrogens with zero attached hydrogens (tertiary/aromatic N) is 1. The van der Waals surface area contributed by atoms with Crippen LogP contribution in [0, 0.1) is 5.92 Å². The largest absolute Gasteiger partial charge is 0.338 e. The molecular formula is C15H29N3O3S. The summed E-state index contributed by atoms with van der Waals surface area (Å²) in [6, 6.07) is 0.243. The van der Waals surface area contributed by atoms with Gasteiger partial charge in [-0.05, 0) is 31.6 Å². The van der Waals surface area contributed by atoms with Crippen LogP contribution in [0.3, 0.4) is 0 Å². The Morgan fingerprint density at radius 2 is 1.64 bits per heavy atom. The van der Waals surface area contributed by atoms with Gasteiger partial charge >= 0.3 is 6.03 Å². The molecule has 2 amide bonds. The highest BCUT2D eigenvalue weighted by molar-refractivity contribution is 7.88. The zero-order chi connectivity index (χ0) is 16.0. The molecular weight excluding hydrogens is 302 g/mol. The van der Waals surface area contributed by atoms with Crippen LogP contribution in [0.2, 0.25) is 0 Å². The second kappa shape index (κ2) is 8.15. The van der Waals surface area contributed by atoms with Crippen molar-refractivity contribution < 1.29 is 13.2 Å². The van der Waals surface area contributed by atoms with E-state index in [2.05, 4.69) is 10.6 Å². The number of amides is 2. The summed E-state index contributed by atoms with van der Waals surface area (Å²) in [5, 5.41) is 6.03. The van der Waals surface area contributed by atoms with E-state index in [4.69, 9.17) is 0 Å². The van der Waals surface area contributed by atoms with Crippen LogP contribution in [-0.2, 0) is 10.0 Å². The fraction of sp³-hybridized carbons (Fsp3) is 0.933. The van der Waals surface area contributed by atoms with Gasteiger partial charge in [-0.15, -0.1) is 0 Å². The van der Waals surface area contributed by atoms with E-state index in [-0.39, 0.29) is 6.03 Å². The van der Waals surface area contributed by atoms with Gasteiger partial charge in [-0.2, -0.15) is 0 Å². The average Bonchev–Trinajstić information content (AvgIpc) is 2.73. The van der Waals surface area contributed by atoms with Crippen molar-refractivity contribution in [2.24, 2.45) is 5.92 Å². The molecule has 1 aliphatic carbocycles. The van der Waals surface area contributed by atoms with E-state index in [9.17, 15) is 13.2 Å². The number of nitrogens with one attached hydrogen (secondary N) is 2. The normalized spacial score (nSPS) is 23.0. The van der Waals surface area contributed by atoms with Crippen LogP contribution in [0.25, 0.3) is 0 Å². The first kappa shape index (κ1) is 17.5. The minimum atomic E-state index is -3.07. The van der Waals surface area contributed by atoms with E-state index in [1.807, 2.05) is 0 Å². The van der Waals surface area contributed by atoms with Gasteiger partial charge in [0.1, 0.15) is 0 Å². The van der Waals surface area contributed by atoms with Gasteiger partial charge in [-0.1, -0.05) is 25.7 Å². The molecule has 0 bridgehead atoms. The molecule has 0 radical (unpaired) electrons. The highest BCUT2D eigenvalue weighted by atomic mass is 32.2. The summed E-state index contributed by atoms with van der Waals surface area (Å²) in [7, 11) is -3.07. The summed E-state index contributed by atoms with van der Waals surface area (Å²) >= 11 is 0. The Hall–Kier alpha value is -0.820. The molecule has 0 aromatic carbocycles. The van der Waals surface area contributed by atoms with Crippen molar-refractivity contribution in [3.8, 4) is 0 Å². The monoisotopic (exact) mass is 331 g/mol. The number of hydrogen-bond acceptors (Lipinski definition) is 3. The maximum Gasteiger partial charge on any atom is 0.315 e. The van der Waals surface area contributed by atoms with Crippen LogP contribution in [-0.4, -0.2) is 50.7 Å². The fourth-order valence-corrected chi connectivity index (χ4v) is 4.22. The van der Waals surface area contributed by atoms with Crippen LogP contribution < -0.4 is 10.6 Å². The molecule has 0 atom stereocenters. The minimum Gasteiger partial charge on any atom is -0.338 e. The summed E-state index contributed by atoms with van der Waals surface area (Å²) < 4.78 is 24.4. The van der Waals surface area contributed by atoms with Crippen molar-refractivity contribution in [1.29, 1.82) is 0 Å². The van der Waals surface area contributed by atoms with Crippen molar-refractivity contribution in [3.63, 3.8) is 0 Å². The first-order valence-corrected chi connectivity index (χ1v) is 10.3. The fourth-order valence-electron chi connectivity index (χ4n) is 3.34. The Morgan fingerprint density at radius 1 is 1.05 bits per heavy atom. The molecule has 0 aromatic rings. The minimum absolute atomic E-state index is 0.0718. The maximum atomic E-state index is 12.0. The molecule has 0 aromatic heterocycles. The summed E-state index contributed by atoms with van der Waals surface area (Å²) in [5.74, 6) is 0.373. The smallest absolute Gasteiger partial charge is 0.315 e. The summed E-state index contributed by atoms with van der Waals surface area (Å²) in [6.07, 6.45) is 10.0.